The Morgan fingerprint density at radius 1 is 0.292 bits per heavy atom. The molecule has 0 amide bonds. The zero-order chi connectivity index (χ0) is 31.6. The van der Waals surface area contributed by atoms with Crippen LogP contribution in [-0.4, -0.2) is 9.13 Å². The van der Waals surface area contributed by atoms with Gasteiger partial charge in [0.15, 0.2) is 0 Å². The third-order valence-electron chi connectivity index (χ3n) is 9.89. The molecule has 0 fully saturated rings. The lowest BCUT2D eigenvalue weighted by atomic mass is 10.0. The number of fused-ring (bicyclic) bond motifs is 9. The Morgan fingerprint density at radius 2 is 0.896 bits per heavy atom. The molecule has 2 heterocycles. The molecule has 0 atom stereocenters. The molecule has 2 aromatic heterocycles. The highest BCUT2D eigenvalue weighted by atomic mass is 15.0. The number of aromatic nitrogens is 2. The SMILES string of the molecule is c1ccc(-c2ccc(-n3c4ccccc4c4ccc5c(c6ccc7ccccc7c6n5-c5cccc(-c6ccccc6)c5)c43)cc2)cc1. The van der Waals surface area contributed by atoms with Crippen molar-refractivity contribution in [2.24, 2.45) is 0 Å². The quantitative estimate of drug-likeness (QED) is 0.188. The molecule has 0 unspecified atom stereocenters. The summed E-state index contributed by atoms with van der Waals surface area (Å²) in [7, 11) is 0. The lowest BCUT2D eigenvalue weighted by Gasteiger charge is -2.12. The van der Waals surface area contributed by atoms with Gasteiger partial charge in [0, 0.05) is 38.3 Å². The van der Waals surface area contributed by atoms with Crippen molar-refractivity contribution in [3.63, 3.8) is 0 Å². The van der Waals surface area contributed by atoms with Crippen LogP contribution in [0.1, 0.15) is 0 Å². The fourth-order valence-corrected chi connectivity index (χ4v) is 7.74. The minimum absolute atomic E-state index is 1.15. The number of benzene rings is 8. The Kier molecular flexibility index (Phi) is 5.91. The standard InChI is InChI=1S/C46H30N2/c1-3-12-31(13-4-1)33-22-25-36(26-23-33)47-42-21-10-9-20-39(42)40-28-29-43-44(46(40)47)41-27-24-34-16-7-8-19-38(34)45(41)48(43)37-18-11-17-35(30-37)32-14-5-2-6-15-32/h1-30H. The van der Waals surface area contributed by atoms with E-state index in [2.05, 4.69) is 191 Å². The van der Waals surface area contributed by atoms with Crippen LogP contribution >= 0.6 is 0 Å². The maximum Gasteiger partial charge on any atom is 0.0641 e. The first-order valence-electron chi connectivity index (χ1n) is 16.5. The van der Waals surface area contributed by atoms with Gasteiger partial charge in [-0.3, -0.25) is 0 Å². The largest absolute Gasteiger partial charge is 0.309 e. The molecule has 2 nitrogen and oxygen atoms in total. The van der Waals surface area contributed by atoms with E-state index >= 15 is 0 Å². The van der Waals surface area contributed by atoms with Gasteiger partial charge < -0.3 is 9.13 Å². The third-order valence-corrected chi connectivity index (χ3v) is 9.89. The molecule has 0 saturated heterocycles. The topological polar surface area (TPSA) is 9.86 Å². The molecule has 8 aromatic carbocycles. The van der Waals surface area contributed by atoms with Gasteiger partial charge in [-0.05, 0) is 64.0 Å². The van der Waals surface area contributed by atoms with E-state index in [1.807, 2.05) is 0 Å². The summed E-state index contributed by atoms with van der Waals surface area (Å²) in [4.78, 5) is 0. The molecule has 2 heteroatoms. The van der Waals surface area contributed by atoms with E-state index in [1.54, 1.807) is 0 Å². The zero-order valence-corrected chi connectivity index (χ0v) is 26.2. The number of rotatable bonds is 4. The van der Waals surface area contributed by atoms with E-state index in [0.717, 1.165) is 11.4 Å². The van der Waals surface area contributed by atoms with Gasteiger partial charge in [0.25, 0.3) is 0 Å². The van der Waals surface area contributed by atoms with Crippen molar-refractivity contribution in [2.75, 3.05) is 0 Å². The summed E-state index contributed by atoms with van der Waals surface area (Å²) in [6.45, 7) is 0. The average molecular weight is 611 g/mol. The van der Waals surface area contributed by atoms with Gasteiger partial charge in [-0.1, -0.05) is 146 Å². The Balaban J connectivity index is 1.33. The normalized spacial score (nSPS) is 11.8. The zero-order valence-electron chi connectivity index (χ0n) is 26.2. The molecule has 0 aliphatic rings. The Bertz CT molecular complexity index is 2800. The first-order valence-corrected chi connectivity index (χ1v) is 16.5. The summed E-state index contributed by atoms with van der Waals surface area (Å²) in [5.41, 5.74) is 12.0. The summed E-state index contributed by atoms with van der Waals surface area (Å²) in [6.07, 6.45) is 0. The predicted octanol–water partition coefficient (Wildman–Crippen LogP) is 12.4. The minimum Gasteiger partial charge on any atom is -0.309 e. The second-order valence-corrected chi connectivity index (χ2v) is 12.6. The van der Waals surface area contributed by atoms with Crippen LogP contribution in [0.2, 0.25) is 0 Å². The monoisotopic (exact) mass is 610 g/mol. The number of hydrogen-bond acceptors (Lipinski definition) is 0. The van der Waals surface area contributed by atoms with Crippen LogP contribution in [0.3, 0.4) is 0 Å². The molecule has 0 aliphatic heterocycles. The molecule has 0 saturated carbocycles. The number of nitrogens with zero attached hydrogens (tertiary/aromatic N) is 2. The summed E-state index contributed by atoms with van der Waals surface area (Å²) in [5, 5.41) is 7.52. The molecular weight excluding hydrogens is 581 g/mol. The van der Waals surface area contributed by atoms with Gasteiger partial charge >= 0.3 is 0 Å². The molecule has 224 valence electrons. The maximum absolute atomic E-state index is 2.49. The Morgan fingerprint density at radius 3 is 1.69 bits per heavy atom. The van der Waals surface area contributed by atoms with Gasteiger partial charge in [0.1, 0.15) is 0 Å². The molecule has 0 radical (unpaired) electrons. The highest BCUT2D eigenvalue weighted by molar-refractivity contribution is 6.29. The fourth-order valence-electron chi connectivity index (χ4n) is 7.74. The van der Waals surface area contributed by atoms with Crippen molar-refractivity contribution in [1.82, 2.24) is 9.13 Å². The fraction of sp³-hybridized carbons (Fsp3) is 0. The van der Waals surface area contributed by atoms with E-state index in [-0.39, 0.29) is 0 Å². The van der Waals surface area contributed by atoms with Gasteiger partial charge in [-0.2, -0.15) is 0 Å². The molecular formula is C46H30N2. The number of hydrogen-bond donors (Lipinski definition) is 0. The van der Waals surface area contributed by atoms with Crippen molar-refractivity contribution < 1.29 is 0 Å². The Hall–Kier alpha value is -6.38. The van der Waals surface area contributed by atoms with Crippen molar-refractivity contribution in [1.29, 1.82) is 0 Å². The molecule has 0 aliphatic carbocycles. The van der Waals surface area contributed by atoms with Crippen LogP contribution in [0.25, 0.3) is 88.0 Å². The highest BCUT2D eigenvalue weighted by Gasteiger charge is 2.22. The molecule has 48 heavy (non-hydrogen) atoms. The number of para-hydroxylation sites is 1. The molecule has 10 aromatic rings. The van der Waals surface area contributed by atoms with Crippen LogP contribution in [-0.2, 0) is 0 Å². The summed E-state index contributed by atoms with van der Waals surface area (Å²) >= 11 is 0. The summed E-state index contributed by atoms with van der Waals surface area (Å²) < 4.78 is 4.96. The molecule has 0 spiro atoms. The maximum atomic E-state index is 2.49. The second kappa shape index (κ2) is 10.6. The highest BCUT2D eigenvalue weighted by Crippen LogP contribution is 2.44. The molecule has 0 bridgehead atoms. The van der Waals surface area contributed by atoms with Crippen LogP contribution in [0, 0.1) is 0 Å². The van der Waals surface area contributed by atoms with Crippen LogP contribution in [0.5, 0.6) is 0 Å². The van der Waals surface area contributed by atoms with Gasteiger partial charge in [-0.25, -0.2) is 0 Å². The van der Waals surface area contributed by atoms with E-state index in [9.17, 15) is 0 Å². The summed E-state index contributed by atoms with van der Waals surface area (Å²) in [5.74, 6) is 0. The van der Waals surface area contributed by atoms with E-state index in [1.165, 1.54) is 76.6 Å². The first-order chi connectivity index (χ1) is 23.8. The van der Waals surface area contributed by atoms with Crippen LogP contribution in [0.15, 0.2) is 182 Å². The first kappa shape index (κ1) is 26.8. The van der Waals surface area contributed by atoms with Crippen molar-refractivity contribution in [3.8, 4) is 33.6 Å². The Labute approximate surface area is 278 Å². The lowest BCUT2D eigenvalue weighted by Crippen LogP contribution is -1.96. The van der Waals surface area contributed by atoms with Crippen LogP contribution in [0.4, 0.5) is 0 Å². The van der Waals surface area contributed by atoms with E-state index in [4.69, 9.17) is 0 Å². The van der Waals surface area contributed by atoms with E-state index in [0.29, 0.717) is 0 Å². The second-order valence-electron chi connectivity index (χ2n) is 12.6. The smallest absolute Gasteiger partial charge is 0.0641 e. The average Bonchev–Trinajstić information content (AvgIpc) is 3.69. The minimum atomic E-state index is 1.15. The van der Waals surface area contributed by atoms with Crippen LogP contribution < -0.4 is 0 Å². The third kappa shape index (κ3) is 4.00. The van der Waals surface area contributed by atoms with E-state index < -0.39 is 0 Å². The van der Waals surface area contributed by atoms with Gasteiger partial charge in [0.2, 0.25) is 0 Å². The lowest BCUT2D eigenvalue weighted by molar-refractivity contribution is 1.18. The van der Waals surface area contributed by atoms with Gasteiger partial charge in [-0.15, -0.1) is 0 Å². The van der Waals surface area contributed by atoms with Gasteiger partial charge in [0.05, 0.1) is 22.1 Å². The summed E-state index contributed by atoms with van der Waals surface area (Å²) in [6, 6.07) is 66.1. The van der Waals surface area contributed by atoms with Crippen molar-refractivity contribution >= 4 is 54.4 Å². The predicted molar refractivity (Wildman–Crippen MR) is 203 cm³/mol. The van der Waals surface area contributed by atoms with Crippen molar-refractivity contribution in [2.45, 2.75) is 0 Å². The molecule has 0 N–H and O–H groups in total. The molecule has 10 rings (SSSR count). The van der Waals surface area contributed by atoms with Crippen molar-refractivity contribution in [3.05, 3.63) is 182 Å².